The van der Waals surface area contributed by atoms with E-state index in [2.05, 4.69) is 10.3 Å². The molecule has 0 unspecified atom stereocenters. The first-order valence-electron chi connectivity index (χ1n) is 6.49. The number of carbonyl (C=O) groups is 1. The van der Waals surface area contributed by atoms with E-state index in [9.17, 15) is 4.79 Å². The molecule has 21 heavy (non-hydrogen) atoms. The molecule has 1 N–H and O–H groups in total. The lowest BCUT2D eigenvalue weighted by Gasteiger charge is -2.12. The van der Waals surface area contributed by atoms with Crippen LogP contribution in [0.15, 0.2) is 18.2 Å². The van der Waals surface area contributed by atoms with Crippen LogP contribution in [0.5, 0.6) is 11.5 Å². The lowest BCUT2D eigenvalue weighted by atomic mass is 10.1. The van der Waals surface area contributed by atoms with Gasteiger partial charge in [0.15, 0.2) is 0 Å². The van der Waals surface area contributed by atoms with Gasteiger partial charge in [0.1, 0.15) is 17.1 Å². The van der Waals surface area contributed by atoms with Gasteiger partial charge in [0.25, 0.3) is 5.91 Å². The second kappa shape index (κ2) is 6.58. The number of nitrogens with one attached hydrogen (secondary N) is 1. The summed E-state index contributed by atoms with van der Waals surface area (Å²) in [6, 6.07) is 5.25. The van der Waals surface area contributed by atoms with Crippen molar-refractivity contribution in [2.75, 3.05) is 14.2 Å². The molecule has 2 aromatic rings. The summed E-state index contributed by atoms with van der Waals surface area (Å²) in [5.41, 5.74) is 1.35. The maximum absolute atomic E-state index is 12.4. The van der Waals surface area contributed by atoms with Crippen LogP contribution in [0.1, 0.15) is 25.9 Å². The van der Waals surface area contributed by atoms with Gasteiger partial charge in [0.05, 0.1) is 31.5 Å². The van der Waals surface area contributed by atoms with Crippen LogP contribution in [0, 0.1) is 13.8 Å². The second-order valence-corrected chi connectivity index (χ2v) is 5.75. The van der Waals surface area contributed by atoms with E-state index >= 15 is 0 Å². The van der Waals surface area contributed by atoms with Crippen LogP contribution in [-0.4, -0.2) is 25.1 Å². The quantitative estimate of drug-likeness (QED) is 0.922. The molecule has 1 aromatic heterocycles. The van der Waals surface area contributed by atoms with Crippen LogP contribution in [0.2, 0.25) is 0 Å². The highest BCUT2D eigenvalue weighted by Gasteiger charge is 2.18. The van der Waals surface area contributed by atoms with Crippen LogP contribution < -0.4 is 14.8 Å². The van der Waals surface area contributed by atoms with Gasteiger partial charge in [0.2, 0.25) is 0 Å². The highest BCUT2D eigenvalue weighted by Crippen LogP contribution is 2.28. The Bertz CT molecular complexity index is 630. The Labute approximate surface area is 127 Å². The van der Waals surface area contributed by atoms with E-state index in [4.69, 9.17) is 9.47 Å². The number of hydrogen-bond acceptors (Lipinski definition) is 5. The normalized spacial score (nSPS) is 10.3. The standard InChI is InChI=1S/C15H18N2O3S/c1-9-13(21-10(2)17-9)8-16-15(18)14-11(19-3)6-5-7-12(14)20-4/h5-7H,8H2,1-4H3,(H,16,18). The van der Waals surface area contributed by atoms with Crippen molar-refractivity contribution in [2.45, 2.75) is 20.4 Å². The number of aryl methyl sites for hydroxylation is 2. The van der Waals surface area contributed by atoms with Crippen LogP contribution in [0.25, 0.3) is 0 Å². The molecule has 5 nitrogen and oxygen atoms in total. The van der Waals surface area contributed by atoms with Crippen molar-refractivity contribution in [1.29, 1.82) is 0 Å². The molecule has 1 amide bonds. The van der Waals surface area contributed by atoms with Gasteiger partial charge < -0.3 is 14.8 Å². The lowest BCUT2D eigenvalue weighted by Crippen LogP contribution is -2.24. The first kappa shape index (κ1) is 15.3. The third kappa shape index (κ3) is 3.33. The summed E-state index contributed by atoms with van der Waals surface area (Å²) in [5, 5.41) is 3.88. The minimum atomic E-state index is -0.227. The molecule has 0 spiro atoms. The number of methoxy groups -OCH3 is 2. The van der Waals surface area contributed by atoms with Gasteiger partial charge in [-0.15, -0.1) is 11.3 Å². The first-order valence-corrected chi connectivity index (χ1v) is 7.30. The number of thiazole rings is 1. The maximum atomic E-state index is 12.4. The van der Waals surface area contributed by atoms with Gasteiger partial charge in [-0.2, -0.15) is 0 Å². The molecule has 0 aliphatic rings. The maximum Gasteiger partial charge on any atom is 0.259 e. The molecular weight excluding hydrogens is 288 g/mol. The van der Waals surface area contributed by atoms with Crippen molar-refractivity contribution < 1.29 is 14.3 Å². The average Bonchev–Trinajstić information content (AvgIpc) is 2.81. The lowest BCUT2D eigenvalue weighted by molar-refractivity contribution is 0.0945. The third-order valence-electron chi connectivity index (χ3n) is 3.06. The summed E-state index contributed by atoms with van der Waals surface area (Å²) in [5.74, 6) is 0.753. The van der Waals surface area contributed by atoms with Crippen molar-refractivity contribution in [1.82, 2.24) is 10.3 Å². The monoisotopic (exact) mass is 306 g/mol. The van der Waals surface area contributed by atoms with E-state index in [-0.39, 0.29) is 5.91 Å². The molecule has 0 saturated heterocycles. The van der Waals surface area contributed by atoms with Crippen LogP contribution in [0.3, 0.4) is 0 Å². The van der Waals surface area contributed by atoms with Crippen LogP contribution in [0.4, 0.5) is 0 Å². The molecule has 1 heterocycles. The largest absolute Gasteiger partial charge is 0.496 e. The molecule has 0 atom stereocenters. The van der Waals surface area contributed by atoms with Crippen molar-refractivity contribution in [2.24, 2.45) is 0 Å². The van der Waals surface area contributed by atoms with E-state index in [0.29, 0.717) is 23.6 Å². The molecule has 0 aliphatic carbocycles. The number of carbonyl (C=O) groups excluding carboxylic acids is 1. The molecule has 6 heteroatoms. The Morgan fingerprint density at radius 2 is 1.86 bits per heavy atom. The topological polar surface area (TPSA) is 60.5 Å². The fourth-order valence-electron chi connectivity index (χ4n) is 2.06. The van der Waals surface area contributed by atoms with E-state index in [0.717, 1.165) is 15.6 Å². The van der Waals surface area contributed by atoms with E-state index in [1.165, 1.54) is 14.2 Å². The predicted molar refractivity (Wildman–Crippen MR) is 82.3 cm³/mol. The van der Waals surface area contributed by atoms with E-state index < -0.39 is 0 Å². The van der Waals surface area contributed by atoms with Gasteiger partial charge in [-0.3, -0.25) is 4.79 Å². The number of benzene rings is 1. The number of hydrogen-bond donors (Lipinski definition) is 1. The Morgan fingerprint density at radius 3 is 2.33 bits per heavy atom. The zero-order valence-corrected chi connectivity index (χ0v) is 13.3. The minimum absolute atomic E-state index is 0.227. The first-order chi connectivity index (χ1) is 10.1. The zero-order chi connectivity index (χ0) is 15.4. The molecule has 112 valence electrons. The summed E-state index contributed by atoms with van der Waals surface area (Å²) >= 11 is 1.58. The molecule has 0 saturated carbocycles. The van der Waals surface area contributed by atoms with Gasteiger partial charge in [-0.05, 0) is 26.0 Å². The van der Waals surface area contributed by atoms with Gasteiger partial charge >= 0.3 is 0 Å². The summed E-state index contributed by atoms with van der Waals surface area (Å²) in [7, 11) is 3.06. The Kier molecular flexibility index (Phi) is 4.80. The number of nitrogens with zero attached hydrogens (tertiary/aromatic N) is 1. The molecule has 0 bridgehead atoms. The zero-order valence-electron chi connectivity index (χ0n) is 12.5. The number of aromatic nitrogens is 1. The molecular formula is C15H18N2O3S. The fourth-order valence-corrected chi connectivity index (χ4v) is 2.94. The highest BCUT2D eigenvalue weighted by atomic mass is 32.1. The average molecular weight is 306 g/mol. The van der Waals surface area contributed by atoms with Gasteiger partial charge in [-0.1, -0.05) is 6.07 Å². The Morgan fingerprint density at radius 1 is 1.24 bits per heavy atom. The fraction of sp³-hybridized carbons (Fsp3) is 0.333. The highest BCUT2D eigenvalue weighted by molar-refractivity contribution is 7.11. The molecule has 2 rings (SSSR count). The van der Waals surface area contributed by atoms with Crippen molar-refractivity contribution in [3.63, 3.8) is 0 Å². The Balaban J connectivity index is 2.19. The Hall–Kier alpha value is -2.08. The van der Waals surface area contributed by atoms with Gasteiger partial charge in [0, 0.05) is 4.88 Å². The van der Waals surface area contributed by atoms with Crippen molar-refractivity contribution in [3.8, 4) is 11.5 Å². The minimum Gasteiger partial charge on any atom is -0.496 e. The molecule has 0 aliphatic heterocycles. The molecule has 0 radical (unpaired) electrons. The van der Waals surface area contributed by atoms with E-state index in [1.807, 2.05) is 13.8 Å². The van der Waals surface area contributed by atoms with Gasteiger partial charge in [-0.25, -0.2) is 4.98 Å². The predicted octanol–water partition coefficient (Wildman–Crippen LogP) is 2.71. The van der Waals surface area contributed by atoms with Crippen LogP contribution in [-0.2, 0) is 6.54 Å². The molecule has 1 aromatic carbocycles. The summed E-state index contributed by atoms with van der Waals surface area (Å²) < 4.78 is 10.5. The summed E-state index contributed by atoms with van der Waals surface area (Å²) in [6.07, 6.45) is 0. The van der Waals surface area contributed by atoms with E-state index in [1.54, 1.807) is 29.5 Å². The number of rotatable bonds is 5. The summed E-state index contributed by atoms with van der Waals surface area (Å²) in [6.45, 7) is 4.33. The number of amides is 1. The summed E-state index contributed by atoms with van der Waals surface area (Å²) in [4.78, 5) is 17.8. The smallest absolute Gasteiger partial charge is 0.259 e. The molecule has 0 fully saturated rings. The van der Waals surface area contributed by atoms with Crippen molar-refractivity contribution >= 4 is 17.2 Å². The van der Waals surface area contributed by atoms with Crippen LogP contribution >= 0.6 is 11.3 Å². The SMILES string of the molecule is COc1cccc(OC)c1C(=O)NCc1sc(C)nc1C. The number of ether oxygens (including phenoxy) is 2. The third-order valence-corrected chi connectivity index (χ3v) is 4.14. The second-order valence-electron chi connectivity index (χ2n) is 4.46. The van der Waals surface area contributed by atoms with Crippen molar-refractivity contribution in [3.05, 3.63) is 39.3 Å².